The highest BCUT2D eigenvalue weighted by molar-refractivity contribution is 5.92. The van der Waals surface area contributed by atoms with E-state index < -0.39 is 5.97 Å². The van der Waals surface area contributed by atoms with Crippen molar-refractivity contribution in [2.24, 2.45) is 5.92 Å². The average Bonchev–Trinajstić information content (AvgIpc) is 2.42. The molecule has 0 aliphatic rings. The molecular weight excluding hydrogens is 256 g/mol. The van der Waals surface area contributed by atoms with E-state index in [4.69, 9.17) is 4.74 Å². The number of amides is 1. The number of anilines is 1. The second-order valence-corrected chi connectivity index (χ2v) is 5.22. The fourth-order valence-corrected chi connectivity index (χ4v) is 1.49. The van der Waals surface area contributed by atoms with E-state index >= 15 is 0 Å². The lowest BCUT2D eigenvalue weighted by Gasteiger charge is -2.13. The molecule has 1 rings (SSSR count). The Bertz CT molecular complexity index is 470. The molecule has 5 heteroatoms. The maximum atomic E-state index is 11.8. The highest BCUT2D eigenvalue weighted by Gasteiger charge is 2.11. The second-order valence-electron chi connectivity index (χ2n) is 5.22. The minimum Gasteiger partial charge on any atom is -0.452 e. The summed E-state index contributed by atoms with van der Waals surface area (Å²) in [6.45, 7) is 4.32. The van der Waals surface area contributed by atoms with Crippen LogP contribution in [0.4, 0.5) is 5.69 Å². The van der Waals surface area contributed by atoms with Gasteiger partial charge in [-0.3, -0.25) is 4.79 Å². The van der Waals surface area contributed by atoms with Crippen LogP contribution in [0.3, 0.4) is 0 Å². The summed E-state index contributed by atoms with van der Waals surface area (Å²) in [6.07, 6.45) is 0. The number of nitrogens with one attached hydrogen (secondary N) is 1. The topological polar surface area (TPSA) is 58.6 Å². The van der Waals surface area contributed by atoms with E-state index in [2.05, 4.69) is 5.32 Å². The summed E-state index contributed by atoms with van der Waals surface area (Å²) in [5, 5.41) is 2.69. The largest absolute Gasteiger partial charge is 0.452 e. The summed E-state index contributed by atoms with van der Waals surface area (Å²) >= 11 is 0. The molecule has 5 nitrogen and oxygen atoms in total. The lowest BCUT2D eigenvalue weighted by Crippen LogP contribution is -2.31. The first-order valence-electron chi connectivity index (χ1n) is 6.61. The van der Waals surface area contributed by atoms with Crippen molar-refractivity contribution in [1.29, 1.82) is 0 Å². The van der Waals surface area contributed by atoms with Crippen LogP contribution < -0.4 is 10.2 Å². The molecule has 20 heavy (non-hydrogen) atoms. The number of carbonyl (C=O) groups excluding carboxylic acids is 2. The molecule has 0 aromatic heterocycles. The summed E-state index contributed by atoms with van der Waals surface area (Å²) in [6, 6.07) is 7.08. The maximum Gasteiger partial charge on any atom is 0.338 e. The molecular formula is C15H22N2O3. The Balaban J connectivity index is 2.50. The van der Waals surface area contributed by atoms with Gasteiger partial charge >= 0.3 is 5.97 Å². The number of nitrogens with zero attached hydrogens (tertiary/aromatic N) is 1. The second kappa shape index (κ2) is 7.53. The summed E-state index contributed by atoms with van der Waals surface area (Å²) in [5.41, 5.74) is 1.34. The van der Waals surface area contributed by atoms with Gasteiger partial charge in [0.15, 0.2) is 6.61 Å². The highest BCUT2D eigenvalue weighted by atomic mass is 16.5. The molecule has 110 valence electrons. The van der Waals surface area contributed by atoms with E-state index in [0.717, 1.165) is 5.69 Å². The summed E-state index contributed by atoms with van der Waals surface area (Å²) < 4.78 is 4.99. The van der Waals surface area contributed by atoms with Crippen molar-refractivity contribution in [3.05, 3.63) is 29.8 Å². The Morgan fingerprint density at radius 3 is 2.60 bits per heavy atom. The van der Waals surface area contributed by atoms with Gasteiger partial charge in [0.2, 0.25) is 0 Å². The fraction of sp³-hybridized carbons (Fsp3) is 0.467. The highest BCUT2D eigenvalue weighted by Crippen LogP contribution is 2.14. The molecule has 1 aromatic carbocycles. The van der Waals surface area contributed by atoms with Crippen molar-refractivity contribution in [1.82, 2.24) is 5.32 Å². The standard InChI is InChI=1S/C15H22N2O3/c1-11(2)9-16-14(18)10-20-15(19)12-6-5-7-13(8-12)17(3)4/h5-8,11H,9-10H2,1-4H3,(H,16,18). The number of esters is 1. The van der Waals surface area contributed by atoms with E-state index in [9.17, 15) is 9.59 Å². The molecule has 1 aromatic rings. The van der Waals surface area contributed by atoms with Crippen LogP contribution in [-0.4, -0.2) is 39.1 Å². The Kier molecular flexibility index (Phi) is 6.03. The SMILES string of the molecule is CC(C)CNC(=O)COC(=O)c1cccc(N(C)C)c1. The number of hydrogen-bond donors (Lipinski definition) is 1. The number of ether oxygens (including phenoxy) is 1. The van der Waals surface area contributed by atoms with E-state index in [0.29, 0.717) is 18.0 Å². The van der Waals surface area contributed by atoms with E-state index in [1.165, 1.54) is 0 Å². The van der Waals surface area contributed by atoms with Crippen molar-refractivity contribution in [3.8, 4) is 0 Å². The molecule has 0 radical (unpaired) electrons. The number of rotatable bonds is 6. The predicted molar refractivity (Wildman–Crippen MR) is 78.9 cm³/mol. The van der Waals surface area contributed by atoms with Crippen molar-refractivity contribution in [2.45, 2.75) is 13.8 Å². The van der Waals surface area contributed by atoms with Crippen molar-refractivity contribution in [3.63, 3.8) is 0 Å². The number of benzene rings is 1. The molecule has 0 atom stereocenters. The molecule has 0 spiro atoms. The van der Waals surface area contributed by atoms with Gasteiger partial charge < -0.3 is 15.0 Å². The van der Waals surface area contributed by atoms with Crippen LogP contribution in [0.15, 0.2) is 24.3 Å². The van der Waals surface area contributed by atoms with Crippen LogP contribution in [0, 0.1) is 5.92 Å². The monoisotopic (exact) mass is 278 g/mol. The molecule has 0 bridgehead atoms. The smallest absolute Gasteiger partial charge is 0.338 e. The Morgan fingerprint density at radius 1 is 1.30 bits per heavy atom. The Morgan fingerprint density at radius 2 is 2.00 bits per heavy atom. The van der Waals surface area contributed by atoms with Gasteiger partial charge in [-0.25, -0.2) is 4.79 Å². The summed E-state index contributed by atoms with van der Waals surface area (Å²) in [7, 11) is 3.79. The third-order valence-electron chi connectivity index (χ3n) is 2.64. The number of hydrogen-bond acceptors (Lipinski definition) is 4. The first kappa shape index (κ1) is 16.0. The van der Waals surface area contributed by atoms with Gasteiger partial charge in [-0.1, -0.05) is 19.9 Å². The Hall–Kier alpha value is -2.04. The molecule has 1 amide bonds. The van der Waals surface area contributed by atoms with Crippen LogP contribution in [-0.2, 0) is 9.53 Å². The molecule has 1 N–H and O–H groups in total. The lowest BCUT2D eigenvalue weighted by molar-refractivity contribution is -0.124. The van der Waals surface area contributed by atoms with Gasteiger partial charge in [0.1, 0.15) is 0 Å². The van der Waals surface area contributed by atoms with Crippen LogP contribution in [0.1, 0.15) is 24.2 Å². The maximum absolute atomic E-state index is 11.8. The van der Waals surface area contributed by atoms with Gasteiger partial charge in [-0.15, -0.1) is 0 Å². The predicted octanol–water partition coefficient (Wildman–Crippen LogP) is 1.68. The molecule has 0 saturated heterocycles. The molecule has 0 heterocycles. The third kappa shape index (κ3) is 5.30. The fourth-order valence-electron chi connectivity index (χ4n) is 1.49. The van der Waals surface area contributed by atoms with Crippen molar-refractivity contribution in [2.75, 3.05) is 32.1 Å². The van der Waals surface area contributed by atoms with Gasteiger partial charge in [0.25, 0.3) is 5.91 Å². The molecule has 0 saturated carbocycles. The third-order valence-corrected chi connectivity index (χ3v) is 2.64. The first-order chi connectivity index (χ1) is 9.40. The molecule has 0 aliphatic heterocycles. The van der Waals surface area contributed by atoms with E-state index in [1.807, 2.05) is 38.9 Å². The minimum absolute atomic E-state index is 0.252. The van der Waals surface area contributed by atoms with Gasteiger partial charge in [0, 0.05) is 26.3 Å². The van der Waals surface area contributed by atoms with Crippen LogP contribution in [0.2, 0.25) is 0 Å². The van der Waals surface area contributed by atoms with Crippen LogP contribution in [0.25, 0.3) is 0 Å². The Labute approximate surface area is 119 Å². The molecule has 0 fully saturated rings. The van der Waals surface area contributed by atoms with Gasteiger partial charge in [-0.05, 0) is 24.1 Å². The zero-order chi connectivity index (χ0) is 15.1. The van der Waals surface area contributed by atoms with E-state index in [-0.39, 0.29) is 12.5 Å². The zero-order valence-corrected chi connectivity index (χ0v) is 12.5. The average molecular weight is 278 g/mol. The minimum atomic E-state index is -0.492. The van der Waals surface area contributed by atoms with Crippen LogP contribution >= 0.6 is 0 Å². The summed E-state index contributed by atoms with van der Waals surface area (Å²) in [5.74, 6) is -0.407. The van der Waals surface area contributed by atoms with Crippen LogP contribution in [0.5, 0.6) is 0 Å². The van der Waals surface area contributed by atoms with Gasteiger partial charge in [0.05, 0.1) is 5.56 Å². The normalized spacial score (nSPS) is 10.2. The van der Waals surface area contributed by atoms with Crippen molar-refractivity contribution < 1.29 is 14.3 Å². The van der Waals surface area contributed by atoms with E-state index in [1.54, 1.807) is 18.2 Å². The molecule has 0 aliphatic carbocycles. The zero-order valence-electron chi connectivity index (χ0n) is 12.5. The van der Waals surface area contributed by atoms with Crippen molar-refractivity contribution >= 4 is 17.6 Å². The van der Waals surface area contributed by atoms with Gasteiger partial charge in [-0.2, -0.15) is 0 Å². The lowest BCUT2D eigenvalue weighted by atomic mass is 10.2. The number of carbonyl (C=O) groups is 2. The first-order valence-corrected chi connectivity index (χ1v) is 6.61. The quantitative estimate of drug-likeness (QED) is 0.804. The summed E-state index contributed by atoms with van der Waals surface area (Å²) in [4.78, 5) is 25.2. The molecule has 0 unspecified atom stereocenters.